The summed E-state index contributed by atoms with van der Waals surface area (Å²) in [6.07, 6.45) is 0. The van der Waals surface area contributed by atoms with Gasteiger partial charge < -0.3 is 5.11 Å². The van der Waals surface area contributed by atoms with Crippen LogP contribution in [0, 0.1) is 6.92 Å². The van der Waals surface area contributed by atoms with E-state index < -0.39 is 16.0 Å². The van der Waals surface area contributed by atoms with E-state index in [9.17, 15) is 13.2 Å². The Morgan fingerprint density at radius 1 is 1.35 bits per heavy atom. The van der Waals surface area contributed by atoms with Gasteiger partial charge in [0, 0.05) is 4.47 Å². The van der Waals surface area contributed by atoms with Gasteiger partial charge in [0.2, 0.25) is 0 Å². The summed E-state index contributed by atoms with van der Waals surface area (Å²) in [7, 11) is -3.73. The molecule has 1 heterocycles. The van der Waals surface area contributed by atoms with Crippen molar-refractivity contribution in [3.8, 4) is 0 Å². The molecule has 0 radical (unpaired) electrons. The van der Waals surface area contributed by atoms with Crippen LogP contribution in [0.2, 0.25) is 0 Å². The molecule has 5 nitrogen and oxygen atoms in total. The summed E-state index contributed by atoms with van der Waals surface area (Å²) in [5.41, 5.74) is 0.523. The first-order valence-corrected chi connectivity index (χ1v) is 8.51. The molecule has 1 aromatic heterocycles. The molecule has 0 spiro atoms. The highest BCUT2D eigenvalue weighted by Gasteiger charge is 2.18. The zero-order valence-electron chi connectivity index (χ0n) is 10.3. The minimum atomic E-state index is -3.73. The second-order valence-electron chi connectivity index (χ2n) is 3.99. The van der Waals surface area contributed by atoms with Crippen LogP contribution >= 0.6 is 27.3 Å². The van der Waals surface area contributed by atoms with E-state index in [1.165, 1.54) is 18.2 Å². The van der Waals surface area contributed by atoms with Crippen molar-refractivity contribution in [3.63, 3.8) is 0 Å². The molecule has 0 aliphatic carbocycles. The van der Waals surface area contributed by atoms with E-state index >= 15 is 0 Å². The summed E-state index contributed by atoms with van der Waals surface area (Å²) >= 11 is 4.10. The lowest BCUT2D eigenvalue weighted by Gasteiger charge is -2.05. The molecule has 0 fully saturated rings. The molecule has 0 saturated heterocycles. The first-order chi connectivity index (χ1) is 9.29. The standard InChI is InChI=1S/C12H10BrNO4S2/c1-7-5-10(19-11(7)12(15)16)14-20(17,18)9-4-2-3-8(13)6-9/h2-6,14H,1H3,(H,15,16). The van der Waals surface area contributed by atoms with E-state index in [-0.39, 0.29) is 14.8 Å². The average Bonchev–Trinajstić information content (AvgIpc) is 2.69. The highest BCUT2D eigenvalue weighted by Crippen LogP contribution is 2.29. The number of sulfonamides is 1. The molecule has 2 aromatic rings. The molecular formula is C12H10BrNO4S2. The number of aromatic carboxylic acids is 1. The second kappa shape index (κ2) is 5.55. The number of rotatable bonds is 4. The summed E-state index contributed by atoms with van der Waals surface area (Å²) in [6, 6.07) is 7.77. The largest absolute Gasteiger partial charge is 0.477 e. The van der Waals surface area contributed by atoms with Crippen LogP contribution in [0.15, 0.2) is 39.7 Å². The minimum Gasteiger partial charge on any atom is -0.477 e. The van der Waals surface area contributed by atoms with Crippen LogP contribution in [0.5, 0.6) is 0 Å². The van der Waals surface area contributed by atoms with E-state index in [0.717, 1.165) is 11.3 Å². The maximum absolute atomic E-state index is 12.2. The fourth-order valence-electron chi connectivity index (χ4n) is 1.57. The minimum absolute atomic E-state index is 0.106. The van der Waals surface area contributed by atoms with Crippen molar-refractivity contribution < 1.29 is 18.3 Å². The van der Waals surface area contributed by atoms with Crippen LogP contribution in [-0.4, -0.2) is 19.5 Å². The number of thiophene rings is 1. The van der Waals surface area contributed by atoms with Gasteiger partial charge in [0.15, 0.2) is 0 Å². The van der Waals surface area contributed by atoms with Crippen LogP contribution in [0.25, 0.3) is 0 Å². The molecule has 0 atom stereocenters. The smallest absolute Gasteiger partial charge is 0.346 e. The Labute approximate surface area is 128 Å². The Kier molecular flexibility index (Phi) is 4.17. The average molecular weight is 376 g/mol. The SMILES string of the molecule is Cc1cc(NS(=O)(=O)c2cccc(Br)c2)sc1C(=O)O. The number of hydrogen-bond acceptors (Lipinski definition) is 4. The normalized spacial score (nSPS) is 11.3. The van der Waals surface area contributed by atoms with Gasteiger partial charge in [0.05, 0.1) is 4.90 Å². The molecule has 0 amide bonds. The summed E-state index contributed by atoms with van der Waals surface area (Å²) in [5, 5.41) is 9.24. The van der Waals surface area contributed by atoms with Crippen LogP contribution in [0.3, 0.4) is 0 Å². The van der Waals surface area contributed by atoms with Crippen molar-refractivity contribution in [3.05, 3.63) is 45.2 Å². The van der Waals surface area contributed by atoms with Crippen LogP contribution < -0.4 is 4.72 Å². The number of benzene rings is 1. The van der Waals surface area contributed by atoms with Gasteiger partial charge in [-0.2, -0.15) is 0 Å². The van der Waals surface area contributed by atoms with Gasteiger partial charge in [-0.05, 0) is 36.8 Å². The highest BCUT2D eigenvalue weighted by molar-refractivity contribution is 9.10. The molecule has 106 valence electrons. The van der Waals surface area contributed by atoms with Crippen LogP contribution in [0.4, 0.5) is 5.00 Å². The predicted molar refractivity (Wildman–Crippen MR) is 81.0 cm³/mol. The van der Waals surface area contributed by atoms with Crippen molar-refractivity contribution >= 4 is 48.3 Å². The Bertz CT molecular complexity index is 768. The maximum Gasteiger partial charge on any atom is 0.346 e. The molecule has 20 heavy (non-hydrogen) atoms. The van der Waals surface area contributed by atoms with Crippen LogP contribution in [-0.2, 0) is 10.0 Å². The zero-order chi connectivity index (χ0) is 14.9. The lowest BCUT2D eigenvalue weighted by molar-refractivity contribution is 0.0701. The molecule has 0 aliphatic heterocycles. The number of carboxylic acid groups (broad SMARTS) is 1. The van der Waals surface area contributed by atoms with Crippen LogP contribution in [0.1, 0.15) is 15.2 Å². The number of hydrogen-bond donors (Lipinski definition) is 2. The van der Waals surface area contributed by atoms with Crippen molar-refractivity contribution in [2.75, 3.05) is 4.72 Å². The Morgan fingerprint density at radius 3 is 2.60 bits per heavy atom. The topological polar surface area (TPSA) is 83.5 Å². The Morgan fingerprint density at radius 2 is 2.05 bits per heavy atom. The molecule has 1 aromatic carbocycles. The van der Waals surface area contributed by atoms with Gasteiger partial charge in [-0.3, -0.25) is 4.72 Å². The highest BCUT2D eigenvalue weighted by atomic mass is 79.9. The number of anilines is 1. The maximum atomic E-state index is 12.2. The predicted octanol–water partition coefficient (Wildman–Crippen LogP) is 3.32. The second-order valence-corrected chi connectivity index (χ2v) is 7.64. The first kappa shape index (κ1) is 15.0. The lowest BCUT2D eigenvalue weighted by Crippen LogP contribution is -2.11. The molecule has 2 N–H and O–H groups in total. The molecule has 2 rings (SSSR count). The number of aryl methyl sites for hydroxylation is 1. The number of carbonyl (C=O) groups is 1. The third-order valence-corrected chi connectivity index (χ3v) is 5.58. The first-order valence-electron chi connectivity index (χ1n) is 5.42. The van der Waals surface area contributed by atoms with E-state index in [4.69, 9.17) is 5.11 Å². The third kappa shape index (κ3) is 3.20. The van der Waals surface area contributed by atoms with Gasteiger partial charge in [-0.1, -0.05) is 22.0 Å². The van der Waals surface area contributed by atoms with E-state index in [0.29, 0.717) is 10.0 Å². The summed E-state index contributed by atoms with van der Waals surface area (Å²) in [6.45, 7) is 1.62. The third-order valence-electron chi connectivity index (χ3n) is 2.45. The van der Waals surface area contributed by atoms with E-state index in [2.05, 4.69) is 20.7 Å². The van der Waals surface area contributed by atoms with Crippen molar-refractivity contribution in [1.82, 2.24) is 0 Å². The summed E-state index contributed by atoms with van der Waals surface area (Å²) in [5.74, 6) is -1.07. The fourth-order valence-corrected chi connectivity index (χ4v) is 4.36. The van der Waals surface area contributed by atoms with Crippen molar-refractivity contribution in [1.29, 1.82) is 0 Å². The summed E-state index contributed by atoms with van der Waals surface area (Å²) in [4.78, 5) is 11.2. The molecule has 0 bridgehead atoms. The number of carboxylic acids is 1. The molecule has 0 saturated carbocycles. The zero-order valence-corrected chi connectivity index (χ0v) is 13.5. The van der Waals surface area contributed by atoms with E-state index in [1.807, 2.05) is 0 Å². The molecular weight excluding hydrogens is 366 g/mol. The fraction of sp³-hybridized carbons (Fsp3) is 0.0833. The lowest BCUT2D eigenvalue weighted by atomic mass is 10.3. The Balaban J connectivity index is 2.34. The van der Waals surface area contributed by atoms with Gasteiger partial charge >= 0.3 is 5.97 Å². The molecule has 0 aliphatic rings. The quantitative estimate of drug-likeness (QED) is 0.858. The van der Waals surface area contributed by atoms with Crippen molar-refractivity contribution in [2.45, 2.75) is 11.8 Å². The number of nitrogens with one attached hydrogen (secondary N) is 1. The van der Waals surface area contributed by atoms with Gasteiger partial charge in [0.25, 0.3) is 10.0 Å². The van der Waals surface area contributed by atoms with Crippen molar-refractivity contribution in [2.24, 2.45) is 0 Å². The van der Waals surface area contributed by atoms with Gasteiger partial charge in [0.1, 0.15) is 9.88 Å². The van der Waals surface area contributed by atoms with Gasteiger partial charge in [-0.25, -0.2) is 13.2 Å². The summed E-state index contributed by atoms with van der Waals surface area (Å²) < 4.78 is 27.4. The molecule has 8 heteroatoms. The number of halogens is 1. The Hall–Kier alpha value is -1.38. The monoisotopic (exact) mass is 375 g/mol. The molecule has 0 unspecified atom stereocenters. The van der Waals surface area contributed by atoms with E-state index in [1.54, 1.807) is 19.1 Å². The van der Waals surface area contributed by atoms with Gasteiger partial charge in [-0.15, -0.1) is 11.3 Å².